The van der Waals surface area contributed by atoms with Crippen molar-refractivity contribution in [1.82, 2.24) is 4.90 Å². The highest BCUT2D eigenvalue weighted by Crippen LogP contribution is 2.39. The molecule has 0 N–H and O–H groups in total. The highest BCUT2D eigenvalue weighted by atomic mass is 16.1. The molecular formula is C13H19NO. The summed E-state index contributed by atoms with van der Waals surface area (Å²) in [6, 6.07) is 0.774. The van der Waals surface area contributed by atoms with Crippen LogP contribution in [-0.2, 0) is 4.79 Å². The molecule has 3 rings (SSSR count). The van der Waals surface area contributed by atoms with Gasteiger partial charge in [0.05, 0.1) is 0 Å². The van der Waals surface area contributed by atoms with Gasteiger partial charge in [0.2, 0.25) is 0 Å². The van der Waals surface area contributed by atoms with E-state index in [9.17, 15) is 4.79 Å². The van der Waals surface area contributed by atoms with E-state index in [1.165, 1.54) is 44.3 Å². The van der Waals surface area contributed by atoms with Gasteiger partial charge in [-0.3, -0.25) is 4.79 Å². The molecule has 15 heavy (non-hydrogen) atoms. The largest absolute Gasteiger partial charge is 0.371 e. The standard InChI is InChI=1S/C13H19NO/c15-12-6-5-11(9-12)14-8-7-10-3-1-2-4-13(10)14/h9-10,13H,1-8H2. The van der Waals surface area contributed by atoms with Crippen molar-refractivity contribution < 1.29 is 4.79 Å². The maximum atomic E-state index is 11.3. The van der Waals surface area contributed by atoms with Crippen LogP contribution in [0.3, 0.4) is 0 Å². The van der Waals surface area contributed by atoms with Gasteiger partial charge in [0, 0.05) is 30.8 Å². The third kappa shape index (κ3) is 1.60. The Balaban J connectivity index is 1.77. The Bertz CT molecular complexity index is 308. The molecule has 0 aromatic rings. The molecule has 0 spiro atoms. The molecular weight excluding hydrogens is 186 g/mol. The molecule has 1 aliphatic heterocycles. The van der Waals surface area contributed by atoms with Crippen molar-refractivity contribution in [2.45, 2.75) is 51.0 Å². The topological polar surface area (TPSA) is 20.3 Å². The van der Waals surface area contributed by atoms with Crippen LogP contribution in [0.1, 0.15) is 44.9 Å². The fourth-order valence-electron chi connectivity index (χ4n) is 3.57. The predicted octanol–water partition coefficient (Wildman–Crippen LogP) is 2.50. The quantitative estimate of drug-likeness (QED) is 0.655. The Morgan fingerprint density at radius 3 is 2.80 bits per heavy atom. The summed E-state index contributed by atoms with van der Waals surface area (Å²) in [6.45, 7) is 1.20. The molecule has 1 saturated carbocycles. The zero-order valence-corrected chi connectivity index (χ0v) is 9.24. The van der Waals surface area contributed by atoms with E-state index in [-0.39, 0.29) is 0 Å². The first-order chi connectivity index (χ1) is 7.34. The lowest BCUT2D eigenvalue weighted by Gasteiger charge is -2.33. The molecule has 2 atom stereocenters. The van der Waals surface area contributed by atoms with Crippen molar-refractivity contribution in [2.24, 2.45) is 5.92 Å². The van der Waals surface area contributed by atoms with Gasteiger partial charge in [-0.25, -0.2) is 0 Å². The number of carbonyl (C=O) groups is 1. The molecule has 0 bridgehead atoms. The first-order valence-corrected chi connectivity index (χ1v) is 6.34. The lowest BCUT2D eigenvalue weighted by atomic mass is 9.85. The van der Waals surface area contributed by atoms with E-state index in [4.69, 9.17) is 0 Å². The molecule has 0 aromatic carbocycles. The summed E-state index contributed by atoms with van der Waals surface area (Å²) >= 11 is 0. The Hall–Kier alpha value is -0.790. The third-order valence-corrected chi connectivity index (χ3v) is 4.33. The molecule has 3 aliphatic rings. The molecule has 1 saturated heterocycles. The zero-order chi connectivity index (χ0) is 10.3. The van der Waals surface area contributed by atoms with Gasteiger partial charge in [-0.15, -0.1) is 0 Å². The zero-order valence-electron chi connectivity index (χ0n) is 9.24. The Morgan fingerprint density at radius 2 is 2.00 bits per heavy atom. The molecule has 2 heteroatoms. The second-order valence-electron chi connectivity index (χ2n) is 5.20. The van der Waals surface area contributed by atoms with Gasteiger partial charge in [0.25, 0.3) is 0 Å². The van der Waals surface area contributed by atoms with E-state index in [0.29, 0.717) is 5.78 Å². The van der Waals surface area contributed by atoms with Crippen LogP contribution in [0.2, 0.25) is 0 Å². The minimum Gasteiger partial charge on any atom is -0.371 e. The van der Waals surface area contributed by atoms with Crippen molar-refractivity contribution in [3.8, 4) is 0 Å². The molecule has 2 nitrogen and oxygen atoms in total. The van der Waals surface area contributed by atoms with E-state index in [1.807, 2.05) is 6.08 Å². The van der Waals surface area contributed by atoms with Crippen LogP contribution in [-0.4, -0.2) is 23.3 Å². The second-order valence-corrected chi connectivity index (χ2v) is 5.20. The van der Waals surface area contributed by atoms with Crippen LogP contribution in [0.4, 0.5) is 0 Å². The highest BCUT2D eigenvalue weighted by Gasteiger charge is 2.37. The number of likely N-dealkylation sites (tertiary alicyclic amines) is 1. The summed E-state index contributed by atoms with van der Waals surface area (Å²) in [4.78, 5) is 13.8. The molecule has 2 unspecified atom stereocenters. The number of allylic oxidation sites excluding steroid dienone is 2. The smallest absolute Gasteiger partial charge is 0.157 e. The minimum absolute atomic E-state index is 0.337. The lowest BCUT2D eigenvalue weighted by molar-refractivity contribution is -0.114. The molecule has 82 valence electrons. The predicted molar refractivity (Wildman–Crippen MR) is 59.4 cm³/mol. The number of hydrogen-bond donors (Lipinski definition) is 0. The van der Waals surface area contributed by atoms with Crippen LogP contribution in [0.5, 0.6) is 0 Å². The summed E-state index contributed by atoms with van der Waals surface area (Å²) in [5, 5.41) is 0. The number of ketones is 1. The normalized spacial score (nSPS) is 35.6. The van der Waals surface area contributed by atoms with E-state index in [1.54, 1.807) is 0 Å². The van der Waals surface area contributed by atoms with Gasteiger partial charge in [-0.1, -0.05) is 12.8 Å². The number of nitrogens with zero attached hydrogens (tertiary/aromatic N) is 1. The van der Waals surface area contributed by atoms with E-state index < -0.39 is 0 Å². The van der Waals surface area contributed by atoms with E-state index in [0.717, 1.165) is 24.8 Å². The number of fused-ring (bicyclic) bond motifs is 1. The highest BCUT2D eigenvalue weighted by molar-refractivity contribution is 5.92. The van der Waals surface area contributed by atoms with Crippen molar-refractivity contribution in [1.29, 1.82) is 0 Å². The summed E-state index contributed by atoms with van der Waals surface area (Å²) in [7, 11) is 0. The maximum Gasteiger partial charge on any atom is 0.157 e. The van der Waals surface area contributed by atoms with E-state index in [2.05, 4.69) is 4.90 Å². The van der Waals surface area contributed by atoms with Crippen LogP contribution >= 0.6 is 0 Å². The Morgan fingerprint density at radius 1 is 1.13 bits per heavy atom. The average molecular weight is 205 g/mol. The van der Waals surface area contributed by atoms with Crippen molar-refractivity contribution in [2.75, 3.05) is 6.54 Å². The minimum atomic E-state index is 0.337. The van der Waals surface area contributed by atoms with Crippen molar-refractivity contribution in [3.63, 3.8) is 0 Å². The number of rotatable bonds is 1. The van der Waals surface area contributed by atoms with Gasteiger partial charge >= 0.3 is 0 Å². The maximum absolute atomic E-state index is 11.3. The monoisotopic (exact) mass is 205 g/mol. The van der Waals surface area contributed by atoms with E-state index >= 15 is 0 Å². The third-order valence-electron chi connectivity index (χ3n) is 4.33. The first kappa shape index (κ1) is 9.44. The molecule has 2 aliphatic carbocycles. The second kappa shape index (κ2) is 3.66. The van der Waals surface area contributed by atoms with Gasteiger partial charge in [-0.05, 0) is 31.6 Å². The van der Waals surface area contributed by atoms with Crippen molar-refractivity contribution in [3.05, 3.63) is 11.8 Å². The van der Waals surface area contributed by atoms with Crippen LogP contribution in [0, 0.1) is 5.92 Å². The molecule has 2 fully saturated rings. The lowest BCUT2D eigenvalue weighted by Crippen LogP contribution is -2.33. The van der Waals surface area contributed by atoms with Crippen LogP contribution in [0.25, 0.3) is 0 Å². The molecule has 0 amide bonds. The molecule has 1 heterocycles. The Kier molecular flexibility index (Phi) is 2.30. The van der Waals surface area contributed by atoms with Crippen LogP contribution < -0.4 is 0 Å². The SMILES string of the molecule is O=C1C=C(N2CCC3CCCCC32)CC1. The molecule has 0 radical (unpaired) electrons. The fourth-order valence-corrected chi connectivity index (χ4v) is 3.57. The fraction of sp³-hybridized carbons (Fsp3) is 0.769. The number of hydrogen-bond acceptors (Lipinski definition) is 2. The van der Waals surface area contributed by atoms with Gasteiger partial charge < -0.3 is 4.90 Å². The average Bonchev–Trinajstić information content (AvgIpc) is 2.83. The first-order valence-electron chi connectivity index (χ1n) is 6.34. The van der Waals surface area contributed by atoms with Gasteiger partial charge in [0.1, 0.15) is 0 Å². The summed E-state index contributed by atoms with van der Waals surface area (Å²) in [5.74, 6) is 1.26. The summed E-state index contributed by atoms with van der Waals surface area (Å²) in [5.41, 5.74) is 1.34. The van der Waals surface area contributed by atoms with Gasteiger partial charge in [0.15, 0.2) is 5.78 Å². The molecule has 0 aromatic heterocycles. The van der Waals surface area contributed by atoms with Crippen LogP contribution in [0.15, 0.2) is 11.8 Å². The summed E-state index contributed by atoms with van der Waals surface area (Å²) < 4.78 is 0. The Labute approximate surface area is 91.3 Å². The number of carbonyl (C=O) groups excluding carboxylic acids is 1. The summed E-state index contributed by atoms with van der Waals surface area (Å²) in [6.07, 6.45) is 10.6. The van der Waals surface area contributed by atoms with Gasteiger partial charge in [-0.2, -0.15) is 0 Å². The van der Waals surface area contributed by atoms with Crippen molar-refractivity contribution >= 4 is 5.78 Å².